The number of amides is 1. The van der Waals surface area contributed by atoms with E-state index in [0.29, 0.717) is 12.3 Å². The van der Waals surface area contributed by atoms with Crippen LogP contribution >= 0.6 is 11.8 Å². The van der Waals surface area contributed by atoms with E-state index in [0.717, 1.165) is 30.2 Å². The third-order valence-electron chi connectivity index (χ3n) is 3.83. The van der Waals surface area contributed by atoms with E-state index in [4.69, 9.17) is 8.83 Å². The highest BCUT2D eigenvalue weighted by Crippen LogP contribution is 2.24. The van der Waals surface area contributed by atoms with Crippen molar-refractivity contribution in [2.45, 2.75) is 6.04 Å². The van der Waals surface area contributed by atoms with E-state index in [1.807, 2.05) is 23.9 Å². The zero-order chi connectivity index (χ0) is 15.9. The van der Waals surface area contributed by atoms with E-state index in [1.54, 1.807) is 30.9 Å². The molecule has 0 bridgehead atoms. The number of hydrogen-bond acceptors (Lipinski definition) is 5. The van der Waals surface area contributed by atoms with Crippen molar-refractivity contribution < 1.29 is 13.6 Å². The fourth-order valence-corrected chi connectivity index (χ4v) is 3.54. The smallest absolute Gasteiger partial charge is 0.244 e. The first-order chi connectivity index (χ1) is 11.3. The first-order valence-electron chi connectivity index (χ1n) is 7.66. The van der Waals surface area contributed by atoms with E-state index in [-0.39, 0.29) is 11.9 Å². The van der Waals surface area contributed by atoms with Gasteiger partial charge in [-0.05, 0) is 24.3 Å². The standard InChI is InChI=1S/C17H20N2O3S/c20-17(4-3-15-2-1-8-22-15)18-12-16(14-5-9-21-13-14)19-6-10-23-11-7-19/h1-5,8-9,13,16H,6-7,10-12H2,(H,18,20). The van der Waals surface area contributed by atoms with Crippen LogP contribution in [0.15, 0.2) is 51.9 Å². The van der Waals surface area contributed by atoms with Crippen molar-refractivity contribution in [3.05, 3.63) is 54.4 Å². The molecule has 1 aliphatic rings. The van der Waals surface area contributed by atoms with Crippen LogP contribution in [0.2, 0.25) is 0 Å². The average molecular weight is 332 g/mol. The van der Waals surface area contributed by atoms with Crippen molar-refractivity contribution in [3.63, 3.8) is 0 Å². The van der Waals surface area contributed by atoms with E-state index < -0.39 is 0 Å². The molecule has 23 heavy (non-hydrogen) atoms. The summed E-state index contributed by atoms with van der Waals surface area (Å²) in [6.45, 7) is 2.61. The SMILES string of the molecule is O=C(C=Cc1ccco1)NCC(c1ccoc1)N1CCSCC1. The summed E-state index contributed by atoms with van der Waals surface area (Å²) in [7, 11) is 0. The second kappa shape index (κ2) is 8.08. The van der Waals surface area contributed by atoms with Gasteiger partial charge in [0.15, 0.2) is 0 Å². The maximum atomic E-state index is 12.0. The third-order valence-corrected chi connectivity index (χ3v) is 4.77. The number of nitrogens with one attached hydrogen (secondary N) is 1. The maximum absolute atomic E-state index is 12.0. The van der Waals surface area contributed by atoms with Crippen molar-refractivity contribution in [1.29, 1.82) is 0 Å². The fraction of sp³-hybridized carbons (Fsp3) is 0.353. The largest absolute Gasteiger partial charge is 0.472 e. The Labute approximate surface area is 139 Å². The normalized spacial score (nSPS) is 17.4. The minimum Gasteiger partial charge on any atom is -0.472 e. The molecule has 0 radical (unpaired) electrons. The average Bonchev–Trinajstić information content (AvgIpc) is 3.28. The van der Waals surface area contributed by atoms with Gasteiger partial charge in [-0.15, -0.1) is 0 Å². The van der Waals surface area contributed by atoms with Gasteiger partial charge in [0, 0.05) is 42.8 Å². The predicted molar refractivity (Wildman–Crippen MR) is 91.1 cm³/mol. The second-order valence-corrected chi connectivity index (χ2v) is 6.54. The van der Waals surface area contributed by atoms with Crippen molar-refractivity contribution in [2.24, 2.45) is 0 Å². The molecule has 122 valence electrons. The van der Waals surface area contributed by atoms with Crippen molar-refractivity contribution in [3.8, 4) is 0 Å². The van der Waals surface area contributed by atoms with Gasteiger partial charge < -0.3 is 14.2 Å². The summed E-state index contributed by atoms with van der Waals surface area (Å²) in [6.07, 6.45) is 8.19. The van der Waals surface area contributed by atoms with Crippen molar-refractivity contribution in [2.75, 3.05) is 31.1 Å². The van der Waals surface area contributed by atoms with Gasteiger partial charge in [0.05, 0.1) is 24.8 Å². The van der Waals surface area contributed by atoms with E-state index in [9.17, 15) is 4.79 Å². The van der Waals surface area contributed by atoms with Crippen LogP contribution in [0.4, 0.5) is 0 Å². The summed E-state index contributed by atoms with van der Waals surface area (Å²) in [4.78, 5) is 14.4. The first kappa shape index (κ1) is 16.0. The Hall–Kier alpha value is -1.92. The summed E-state index contributed by atoms with van der Waals surface area (Å²) < 4.78 is 10.4. The van der Waals surface area contributed by atoms with Crippen LogP contribution in [0.25, 0.3) is 6.08 Å². The first-order valence-corrected chi connectivity index (χ1v) is 8.82. The highest BCUT2D eigenvalue weighted by Gasteiger charge is 2.23. The molecule has 3 rings (SSSR count). The summed E-state index contributed by atoms with van der Waals surface area (Å²) in [5.41, 5.74) is 1.10. The number of carbonyl (C=O) groups excluding carboxylic acids is 1. The number of rotatable bonds is 6. The van der Waals surface area contributed by atoms with Crippen LogP contribution in [0.3, 0.4) is 0 Å². The quantitative estimate of drug-likeness (QED) is 0.824. The minimum atomic E-state index is -0.124. The third kappa shape index (κ3) is 4.53. The van der Waals surface area contributed by atoms with E-state index in [2.05, 4.69) is 10.2 Å². The second-order valence-electron chi connectivity index (χ2n) is 5.31. The number of carbonyl (C=O) groups is 1. The van der Waals surface area contributed by atoms with Gasteiger partial charge in [-0.3, -0.25) is 9.69 Å². The molecule has 0 aromatic carbocycles. The summed E-state index contributed by atoms with van der Waals surface area (Å²) in [5.74, 6) is 2.79. The Morgan fingerprint density at radius 2 is 2.22 bits per heavy atom. The zero-order valence-electron chi connectivity index (χ0n) is 12.8. The van der Waals surface area contributed by atoms with Crippen molar-refractivity contribution >= 4 is 23.7 Å². The summed E-state index contributed by atoms with van der Waals surface area (Å²) >= 11 is 1.97. The fourth-order valence-electron chi connectivity index (χ4n) is 2.61. The highest BCUT2D eigenvalue weighted by atomic mass is 32.2. The van der Waals surface area contributed by atoms with Gasteiger partial charge in [-0.2, -0.15) is 11.8 Å². The summed E-state index contributed by atoms with van der Waals surface area (Å²) in [6, 6.07) is 5.72. The van der Waals surface area contributed by atoms with Gasteiger partial charge in [-0.1, -0.05) is 0 Å². The maximum Gasteiger partial charge on any atom is 0.244 e. The topological polar surface area (TPSA) is 58.6 Å². The lowest BCUT2D eigenvalue weighted by Gasteiger charge is -2.33. The lowest BCUT2D eigenvalue weighted by molar-refractivity contribution is -0.116. The van der Waals surface area contributed by atoms with Gasteiger partial charge in [0.25, 0.3) is 0 Å². The molecule has 0 saturated carbocycles. The molecule has 0 spiro atoms. The lowest BCUT2D eigenvalue weighted by atomic mass is 10.1. The number of nitrogens with zero attached hydrogens (tertiary/aromatic N) is 1. The Morgan fingerprint density at radius 3 is 2.91 bits per heavy atom. The zero-order valence-corrected chi connectivity index (χ0v) is 13.6. The van der Waals surface area contributed by atoms with Crippen LogP contribution in [-0.4, -0.2) is 41.9 Å². The van der Waals surface area contributed by atoms with E-state index >= 15 is 0 Å². The molecule has 6 heteroatoms. The van der Waals surface area contributed by atoms with Crippen LogP contribution in [-0.2, 0) is 4.79 Å². The van der Waals surface area contributed by atoms with Crippen LogP contribution in [0.1, 0.15) is 17.4 Å². The van der Waals surface area contributed by atoms with Crippen molar-refractivity contribution in [1.82, 2.24) is 10.2 Å². The Morgan fingerprint density at radius 1 is 1.35 bits per heavy atom. The molecule has 2 aromatic rings. The molecule has 1 fully saturated rings. The van der Waals surface area contributed by atoms with Crippen LogP contribution < -0.4 is 5.32 Å². The molecule has 1 saturated heterocycles. The number of furan rings is 2. The van der Waals surface area contributed by atoms with Gasteiger partial charge in [0.2, 0.25) is 5.91 Å². The predicted octanol–water partition coefficient (Wildman–Crippen LogP) is 2.79. The Kier molecular flexibility index (Phi) is 5.60. The Balaban J connectivity index is 1.58. The number of thioether (sulfide) groups is 1. The molecule has 1 N–H and O–H groups in total. The lowest BCUT2D eigenvalue weighted by Crippen LogP contribution is -2.41. The highest BCUT2D eigenvalue weighted by molar-refractivity contribution is 7.99. The molecule has 0 aliphatic carbocycles. The molecule has 5 nitrogen and oxygen atoms in total. The number of hydrogen-bond donors (Lipinski definition) is 1. The van der Waals surface area contributed by atoms with E-state index in [1.165, 1.54) is 6.08 Å². The molecule has 1 atom stereocenters. The molecule has 1 unspecified atom stereocenters. The van der Waals surface area contributed by atoms with Crippen LogP contribution in [0, 0.1) is 0 Å². The molecule has 3 heterocycles. The molecule has 2 aromatic heterocycles. The molecule has 1 aliphatic heterocycles. The molecular weight excluding hydrogens is 312 g/mol. The summed E-state index contributed by atoms with van der Waals surface area (Å²) in [5, 5.41) is 2.97. The van der Waals surface area contributed by atoms with Gasteiger partial charge in [-0.25, -0.2) is 0 Å². The van der Waals surface area contributed by atoms with Gasteiger partial charge >= 0.3 is 0 Å². The minimum absolute atomic E-state index is 0.124. The van der Waals surface area contributed by atoms with Gasteiger partial charge in [0.1, 0.15) is 5.76 Å². The Bertz CT molecular complexity index is 616. The monoisotopic (exact) mass is 332 g/mol. The molecular formula is C17H20N2O3S. The van der Waals surface area contributed by atoms with Crippen LogP contribution in [0.5, 0.6) is 0 Å². The molecule has 1 amide bonds.